The summed E-state index contributed by atoms with van der Waals surface area (Å²) >= 11 is 1.81. The van der Waals surface area contributed by atoms with E-state index in [2.05, 4.69) is 95.6 Å². The Labute approximate surface area is 303 Å². The average molecular weight is 682 g/mol. The molecule has 3 heterocycles. The number of nitrogens with zero attached hydrogens (tertiary/aromatic N) is 5. The molecule has 52 heavy (non-hydrogen) atoms. The summed E-state index contributed by atoms with van der Waals surface area (Å²) in [6.45, 7) is 0. The normalized spacial score (nSPS) is 11.4. The molecule has 0 bridgehead atoms. The third-order valence-electron chi connectivity index (χ3n) is 9.69. The first-order valence-corrected chi connectivity index (χ1v) is 17.9. The molecule has 5 nitrogen and oxygen atoms in total. The van der Waals surface area contributed by atoms with Crippen LogP contribution in [0.2, 0.25) is 0 Å². The topological polar surface area (TPSA) is 67.4 Å². The highest BCUT2D eigenvalue weighted by Crippen LogP contribution is 2.43. The molecule has 10 aromatic rings. The summed E-state index contributed by atoms with van der Waals surface area (Å²) in [5, 5.41) is 14.6. The number of hydrogen-bond donors (Lipinski definition) is 0. The molecule has 242 valence electrons. The van der Waals surface area contributed by atoms with Crippen LogP contribution >= 0.6 is 11.3 Å². The Kier molecular flexibility index (Phi) is 6.98. The fraction of sp³-hybridized carbons (Fsp3) is 0. The lowest BCUT2D eigenvalue weighted by molar-refractivity contribution is 1.06. The van der Waals surface area contributed by atoms with Gasteiger partial charge in [0, 0.05) is 47.6 Å². The molecule has 0 aliphatic heterocycles. The van der Waals surface area contributed by atoms with Crippen LogP contribution in [0.25, 0.3) is 93.0 Å². The van der Waals surface area contributed by atoms with E-state index in [9.17, 15) is 5.26 Å². The van der Waals surface area contributed by atoms with E-state index in [1.807, 2.05) is 90.2 Å². The van der Waals surface area contributed by atoms with E-state index in [-0.39, 0.29) is 0 Å². The monoisotopic (exact) mass is 681 g/mol. The predicted molar refractivity (Wildman–Crippen MR) is 214 cm³/mol. The molecule has 0 spiro atoms. The largest absolute Gasteiger partial charge is 0.308 e. The molecular weight excluding hydrogens is 655 g/mol. The molecule has 0 aliphatic carbocycles. The standard InChI is InChI=1S/C46H27N5S/c47-28-29-22-24-35-34-16-7-9-19-38(34)51(40(35)26-29)39-25-23-32(33-18-11-21-42-43(33)36-17-8-10-20-41(36)52-42)27-37(39)46-49-44(30-12-3-1-4-13-30)48-45(50-46)31-14-5-2-6-15-31/h1-27H. The van der Waals surface area contributed by atoms with Crippen molar-refractivity contribution in [1.82, 2.24) is 19.5 Å². The lowest BCUT2D eigenvalue weighted by Gasteiger charge is -2.17. The number of thiophene rings is 1. The van der Waals surface area contributed by atoms with Crippen LogP contribution in [0, 0.1) is 11.3 Å². The summed E-state index contributed by atoms with van der Waals surface area (Å²) < 4.78 is 4.76. The van der Waals surface area contributed by atoms with Gasteiger partial charge in [-0.15, -0.1) is 11.3 Å². The molecule has 7 aromatic carbocycles. The van der Waals surface area contributed by atoms with Crippen LogP contribution in [0.5, 0.6) is 0 Å². The van der Waals surface area contributed by atoms with Gasteiger partial charge in [0.15, 0.2) is 17.5 Å². The van der Waals surface area contributed by atoms with Crippen LogP contribution in [-0.4, -0.2) is 19.5 Å². The zero-order chi connectivity index (χ0) is 34.6. The Morgan fingerprint density at radius 1 is 0.462 bits per heavy atom. The first kappa shape index (κ1) is 29.9. The Hall–Kier alpha value is -6.94. The number of benzene rings is 7. The van der Waals surface area contributed by atoms with Crippen LogP contribution in [0.1, 0.15) is 5.56 Å². The van der Waals surface area contributed by atoms with Crippen molar-refractivity contribution in [2.45, 2.75) is 0 Å². The third kappa shape index (κ3) is 4.87. The Morgan fingerprint density at radius 2 is 1.10 bits per heavy atom. The van der Waals surface area contributed by atoms with Crippen LogP contribution in [0.15, 0.2) is 164 Å². The minimum absolute atomic E-state index is 0.564. The molecule has 6 heteroatoms. The summed E-state index contributed by atoms with van der Waals surface area (Å²) in [7, 11) is 0. The minimum atomic E-state index is 0.564. The van der Waals surface area contributed by atoms with Crippen molar-refractivity contribution in [3.05, 3.63) is 169 Å². The molecule has 10 rings (SSSR count). The van der Waals surface area contributed by atoms with Gasteiger partial charge in [-0.2, -0.15) is 5.26 Å². The maximum atomic E-state index is 9.96. The second kappa shape index (κ2) is 12.1. The molecule has 0 amide bonds. The molecule has 0 atom stereocenters. The second-order valence-corrected chi connectivity index (χ2v) is 13.8. The van der Waals surface area contributed by atoms with Crippen molar-refractivity contribution in [3.63, 3.8) is 0 Å². The van der Waals surface area contributed by atoms with Gasteiger partial charge in [-0.3, -0.25) is 0 Å². The number of nitriles is 1. The van der Waals surface area contributed by atoms with E-state index in [1.54, 1.807) is 0 Å². The van der Waals surface area contributed by atoms with Crippen molar-refractivity contribution in [3.8, 4) is 57.0 Å². The molecule has 0 saturated heterocycles. The summed E-state index contributed by atoms with van der Waals surface area (Å²) in [4.78, 5) is 15.4. The molecule has 0 unspecified atom stereocenters. The van der Waals surface area contributed by atoms with E-state index in [0.29, 0.717) is 23.0 Å². The lowest BCUT2D eigenvalue weighted by Crippen LogP contribution is -2.04. The van der Waals surface area contributed by atoms with Crippen molar-refractivity contribution < 1.29 is 0 Å². The van der Waals surface area contributed by atoms with Crippen LogP contribution in [0.3, 0.4) is 0 Å². The summed E-state index contributed by atoms with van der Waals surface area (Å²) in [5.74, 6) is 1.76. The maximum Gasteiger partial charge on any atom is 0.166 e. The highest BCUT2D eigenvalue weighted by atomic mass is 32.1. The van der Waals surface area contributed by atoms with Crippen LogP contribution < -0.4 is 0 Å². The van der Waals surface area contributed by atoms with Gasteiger partial charge < -0.3 is 4.57 Å². The number of rotatable bonds is 5. The van der Waals surface area contributed by atoms with E-state index in [0.717, 1.165) is 55.3 Å². The smallest absolute Gasteiger partial charge is 0.166 e. The van der Waals surface area contributed by atoms with Gasteiger partial charge in [-0.05, 0) is 53.6 Å². The molecule has 0 saturated carbocycles. The van der Waals surface area contributed by atoms with Gasteiger partial charge in [0.05, 0.1) is 28.4 Å². The van der Waals surface area contributed by atoms with Gasteiger partial charge in [0.25, 0.3) is 0 Å². The van der Waals surface area contributed by atoms with Crippen molar-refractivity contribution >= 4 is 53.3 Å². The minimum Gasteiger partial charge on any atom is -0.308 e. The zero-order valence-electron chi connectivity index (χ0n) is 27.7. The second-order valence-electron chi connectivity index (χ2n) is 12.7. The van der Waals surface area contributed by atoms with E-state index in [4.69, 9.17) is 15.0 Å². The fourth-order valence-electron chi connectivity index (χ4n) is 7.32. The molecule has 0 radical (unpaired) electrons. The average Bonchev–Trinajstić information content (AvgIpc) is 3.76. The first-order chi connectivity index (χ1) is 25.7. The van der Waals surface area contributed by atoms with Crippen LogP contribution in [0.4, 0.5) is 0 Å². The molecule has 0 fully saturated rings. The van der Waals surface area contributed by atoms with Crippen LogP contribution in [-0.2, 0) is 0 Å². The van der Waals surface area contributed by atoms with Crippen molar-refractivity contribution in [2.75, 3.05) is 0 Å². The Bertz CT molecular complexity index is 2970. The maximum absolute atomic E-state index is 9.96. The Morgan fingerprint density at radius 3 is 1.85 bits per heavy atom. The van der Waals surface area contributed by atoms with E-state index < -0.39 is 0 Å². The summed E-state index contributed by atoms with van der Waals surface area (Å²) in [5.41, 5.74) is 8.38. The van der Waals surface area contributed by atoms with Crippen molar-refractivity contribution in [1.29, 1.82) is 5.26 Å². The van der Waals surface area contributed by atoms with Gasteiger partial charge >= 0.3 is 0 Å². The van der Waals surface area contributed by atoms with E-state index >= 15 is 0 Å². The highest BCUT2D eigenvalue weighted by molar-refractivity contribution is 7.25. The van der Waals surface area contributed by atoms with Gasteiger partial charge in [-0.1, -0.05) is 121 Å². The number of fused-ring (bicyclic) bond motifs is 6. The summed E-state index contributed by atoms with van der Waals surface area (Å²) in [6.07, 6.45) is 0. The molecule has 0 aliphatic rings. The molecule has 3 aromatic heterocycles. The number of aromatic nitrogens is 4. The first-order valence-electron chi connectivity index (χ1n) is 17.1. The summed E-state index contributed by atoms with van der Waals surface area (Å²) in [6, 6.07) is 58.6. The van der Waals surface area contributed by atoms with Gasteiger partial charge in [0.1, 0.15) is 0 Å². The molecular formula is C46H27N5S. The zero-order valence-corrected chi connectivity index (χ0v) is 28.5. The van der Waals surface area contributed by atoms with Crippen molar-refractivity contribution in [2.24, 2.45) is 0 Å². The van der Waals surface area contributed by atoms with Gasteiger partial charge in [0.2, 0.25) is 0 Å². The van der Waals surface area contributed by atoms with E-state index in [1.165, 1.54) is 20.2 Å². The lowest BCUT2D eigenvalue weighted by atomic mass is 9.96. The Balaban J connectivity index is 1.32. The quantitative estimate of drug-likeness (QED) is 0.181. The fourth-order valence-corrected chi connectivity index (χ4v) is 8.45. The number of para-hydroxylation sites is 1. The highest BCUT2D eigenvalue weighted by Gasteiger charge is 2.21. The van der Waals surface area contributed by atoms with Gasteiger partial charge in [-0.25, -0.2) is 15.0 Å². The third-order valence-corrected chi connectivity index (χ3v) is 10.8. The number of hydrogen-bond acceptors (Lipinski definition) is 5. The predicted octanol–water partition coefficient (Wildman–Crippen LogP) is 11.9. The molecule has 0 N–H and O–H groups in total. The SMILES string of the molecule is N#Cc1ccc2c3ccccc3n(-c3ccc(-c4cccc5sc6ccccc6c45)cc3-c3nc(-c4ccccc4)nc(-c4ccccc4)n3)c2c1.